The summed E-state index contributed by atoms with van der Waals surface area (Å²) in [5.41, 5.74) is 7.74. The second-order valence-corrected chi connectivity index (χ2v) is 10.6. The molecule has 1 aliphatic rings. The lowest BCUT2D eigenvalue weighted by Gasteiger charge is -2.34. The van der Waals surface area contributed by atoms with Crippen molar-refractivity contribution in [1.82, 2.24) is 4.90 Å². The van der Waals surface area contributed by atoms with Crippen molar-refractivity contribution in [3.8, 4) is 5.75 Å². The van der Waals surface area contributed by atoms with Crippen LogP contribution in [0.5, 0.6) is 5.75 Å². The van der Waals surface area contributed by atoms with Crippen LogP contribution in [0.2, 0.25) is 0 Å². The second-order valence-electron chi connectivity index (χ2n) is 10.6. The van der Waals surface area contributed by atoms with E-state index in [2.05, 4.69) is 69.0 Å². The molecule has 0 N–H and O–H groups in total. The van der Waals surface area contributed by atoms with E-state index in [0.717, 1.165) is 37.3 Å². The van der Waals surface area contributed by atoms with Gasteiger partial charge < -0.3 is 9.64 Å². The summed E-state index contributed by atoms with van der Waals surface area (Å²) >= 11 is 0. The Bertz CT molecular complexity index is 1080. The molecule has 0 amide bonds. The molecule has 1 aliphatic heterocycles. The number of likely N-dealkylation sites (tertiary alicyclic amines) is 1. The lowest BCUT2D eigenvalue weighted by atomic mass is 9.88. The van der Waals surface area contributed by atoms with Crippen molar-refractivity contribution in [2.45, 2.75) is 59.3 Å². The number of nitrogens with zero attached hydrogens (tertiary/aromatic N) is 1. The zero-order valence-electron chi connectivity index (χ0n) is 21.8. The maximum atomic E-state index is 13.1. The first-order chi connectivity index (χ1) is 16.9. The molecule has 0 aromatic heterocycles. The number of benzene rings is 3. The highest BCUT2D eigenvalue weighted by Gasteiger charge is 2.21. The van der Waals surface area contributed by atoms with Crippen molar-refractivity contribution in [3.63, 3.8) is 0 Å². The fourth-order valence-corrected chi connectivity index (χ4v) is 5.19. The van der Waals surface area contributed by atoms with Gasteiger partial charge in [-0.05, 0) is 123 Å². The van der Waals surface area contributed by atoms with Crippen molar-refractivity contribution < 1.29 is 9.13 Å². The van der Waals surface area contributed by atoms with Crippen LogP contribution in [0.4, 0.5) is 4.39 Å². The van der Waals surface area contributed by atoms with Crippen LogP contribution in [-0.2, 0) is 6.42 Å². The molecule has 0 radical (unpaired) electrons. The van der Waals surface area contributed by atoms with Crippen molar-refractivity contribution in [2.75, 3.05) is 26.2 Å². The summed E-state index contributed by atoms with van der Waals surface area (Å²) in [6.07, 6.45) is 4.39. The molecule has 0 spiro atoms. The van der Waals surface area contributed by atoms with Gasteiger partial charge in [0.2, 0.25) is 0 Å². The number of piperidine rings is 1. The summed E-state index contributed by atoms with van der Waals surface area (Å²) in [4.78, 5) is 2.63. The largest absolute Gasteiger partial charge is 0.493 e. The minimum Gasteiger partial charge on any atom is -0.493 e. The Balaban J connectivity index is 1.18. The Kier molecular flexibility index (Phi) is 8.62. The smallest absolute Gasteiger partial charge is 0.123 e. The highest BCUT2D eigenvalue weighted by molar-refractivity contribution is 5.40. The SMILES string of the molecule is Cc1cc(C)c(OCC[C@@H](C)CN2CCC(c3ccc(Cc4ccc(F)cc4)cc3)CC2)cc1C. The predicted octanol–water partition coefficient (Wildman–Crippen LogP) is 7.63. The number of halogens is 1. The molecule has 4 rings (SSSR count). The minimum absolute atomic E-state index is 0.175. The fourth-order valence-electron chi connectivity index (χ4n) is 5.19. The normalized spacial score (nSPS) is 15.8. The quantitative estimate of drug-likeness (QED) is 0.317. The Labute approximate surface area is 211 Å². The Hall–Kier alpha value is -2.65. The molecule has 1 atom stereocenters. The average molecular weight is 474 g/mol. The van der Waals surface area contributed by atoms with Gasteiger partial charge >= 0.3 is 0 Å². The van der Waals surface area contributed by atoms with Gasteiger partial charge in [0.25, 0.3) is 0 Å². The van der Waals surface area contributed by atoms with Gasteiger partial charge in [0.1, 0.15) is 11.6 Å². The average Bonchev–Trinajstić information content (AvgIpc) is 2.85. The van der Waals surface area contributed by atoms with Crippen molar-refractivity contribution in [3.05, 3.63) is 99.9 Å². The number of aryl methyl sites for hydroxylation is 3. The summed E-state index contributed by atoms with van der Waals surface area (Å²) in [5.74, 6) is 2.14. The van der Waals surface area contributed by atoms with E-state index in [9.17, 15) is 4.39 Å². The fraction of sp³-hybridized carbons (Fsp3) is 0.438. The summed E-state index contributed by atoms with van der Waals surface area (Å²) in [7, 11) is 0. The van der Waals surface area contributed by atoms with E-state index in [1.165, 1.54) is 65.9 Å². The number of hydrogen-bond acceptors (Lipinski definition) is 2. The third-order valence-electron chi connectivity index (χ3n) is 7.59. The Morgan fingerprint density at radius 1 is 0.857 bits per heavy atom. The third kappa shape index (κ3) is 7.18. The molecular formula is C32H40FNO. The van der Waals surface area contributed by atoms with Crippen LogP contribution < -0.4 is 4.74 Å². The monoisotopic (exact) mass is 473 g/mol. The highest BCUT2D eigenvalue weighted by Crippen LogP contribution is 2.29. The topological polar surface area (TPSA) is 12.5 Å². The summed E-state index contributed by atoms with van der Waals surface area (Å²) in [6.45, 7) is 13.1. The van der Waals surface area contributed by atoms with Crippen molar-refractivity contribution in [2.24, 2.45) is 5.92 Å². The molecule has 0 bridgehead atoms. The first kappa shape index (κ1) is 25.4. The molecular weight excluding hydrogens is 433 g/mol. The van der Waals surface area contributed by atoms with E-state index >= 15 is 0 Å². The molecule has 0 unspecified atom stereocenters. The lowest BCUT2D eigenvalue weighted by Crippen LogP contribution is -2.36. The number of hydrogen-bond donors (Lipinski definition) is 0. The zero-order chi connectivity index (χ0) is 24.8. The van der Waals surface area contributed by atoms with E-state index in [0.29, 0.717) is 11.8 Å². The lowest BCUT2D eigenvalue weighted by molar-refractivity contribution is 0.173. The molecule has 3 aromatic carbocycles. The first-order valence-electron chi connectivity index (χ1n) is 13.1. The van der Waals surface area contributed by atoms with E-state index < -0.39 is 0 Å². The van der Waals surface area contributed by atoms with E-state index in [1.807, 2.05) is 12.1 Å². The maximum Gasteiger partial charge on any atom is 0.123 e. The molecule has 2 nitrogen and oxygen atoms in total. The van der Waals surface area contributed by atoms with Gasteiger partial charge in [-0.1, -0.05) is 49.4 Å². The predicted molar refractivity (Wildman–Crippen MR) is 144 cm³/mol. The van der Waals surface area contributed by atoms with Crippen LogP contribution >= 0.6 is 0 Å². The van der Waals surface area contributed by atoms with Crippen molar-refractivity contribution in [1.29, 1.82) is 0 Å². The van der Waals surface area contributed by atoms with Crippen LogP contribution in [0.1, 0.15) is 65.5 Å². The molecule has 0 aliphatic carbocycles. The number of ether oxygens (including phenoxy) is 1. The van der Waals surface area contributed by atoms with Gasteiger partial charge in [0.05, 0.1) is 6.61 Å². The van der Waals surface area contributed by atoms with Gasteiger partial charge in [-0.2, -0.15) is 0 Å². The molecule has 186 valence electrons. The van der Waals surface area contributed by atoms with E-state index in [-0.39, 0.29) is 5.82 Å². The molecule has 3 heteroatoms. The molecule has 1 saturated heterocycles. The van der Waals surface area contributed by atoms with Crippen LogP contribution in [0.15, 0.2) is 60.7 Å². The van der Waals surface area contributed by atoms with Crippen LogP contribution in [0.25, 0.3) is 0 Å². The van der Waals surface area contributed by atoms with Crippen LogP contribution in [0, 0.1) is 32.5 Å². The van der Waals surface area contributed by atoms with Gasteiger partial charge in [0.15, 0.2) is 0 Å². The zero-order valence-corrected chi connectivity index (χ0v) is 21.8. The van der Waals surface area contributed by atoms with E-state index in [4.69, 9.17) is 4.74 Å². The maximum absolute atomic E-state index is 13.1. The summed E-state index contributed by atoms with van der Waals surface area (Å²) < 4.78 is 19.3. The van der Waals surface area contributed by atoms with Crippen molar-refractivity contribution >= 4 is 0 Å². The summed E-state index contributed by atoms with van der Waals surface area (Å²) in [5, 5.41) is 0. The summed E-state index contributed by atoms with van der Waals surface area (Å²) in [6, 6.07) is 20.3. The van der Waals surface area contributed by atoms with E-state index in [1.54, 1.807) is 0 Å². The molecule has 1 fully saturated rings. The number of rotatable bonds is 9. The van der Waals surface area contributed by atoms with Gasteiger partial charge in [-0.15, -0.1) is 0 Å². The van der Waals surface area contributed by atoms with Crippen LogP contribution in [0.3, 0.4) is 0 Å². The molecule has 0 saturated carbocycles. The van der Waals surface area contributed by atoms with Gasteiger partial charge in [-0.3, -0.25) is 0 Å². The Morgan fingerprint density at radius 3 is 2.11 bits per heavy atom. The molecule has 3 aromatic rings. The second kappa shape index (κ2) is 11.9. The van der Waals surface area contributed by atoms with Crippen LogP contribution in [-0.4, -0.2) is 31.1 Å². The third-order valence-corrected chi connectivity index (χ3v) is 7.59. The first-order valence-corrected chi connectivity index (χ1v) is 13.1. The van der Waals surface area contributed by atoms with Gasteiger partial charge in [-0.25, -0.2) is 4.39 Å². The standard InChI is InChI=1S/C32H40FNO/c1-23(15-18-35-32-20-25(3)24(2)19-26(32)4)22-34-16-13-30(14-17-34)29-9-5-27(6-10-29)21-28-7-11-31(33)12-8-28/h5-12,19-20,23,30H,13-18,21-22H2,1-4H3/t23-/m1/s1. The highest BCUT2D eigenvalue weighted by atomic mass is 19.1. The molecule has 35 heavy (non-hydrogen) atoms. The molecule has 1 heterocycles. The minimum atomic E-state index is -0.175. The Morgan fingerprint density at radius 2 is 1.46 bits per heavy atom. The van der Waals surface area contributed by atoms with Gasteiger partial charge in [0, 0.05) is 6.54 Å².